The van der Waals surface area contributed by atoms with Crippen LogP contribution in [0.15, 0.2) is 48.5 Å². The average molecular weight is 374 g/mol. The van der Waals surface area contributed by atoms with E-state index in [1.165, 1.54) is 0 Å². The Morgan fingerprint density at radius 1 is 0.962 bits per heavy atom. The van der Waals surface area contributed by atoms with Crippen molar-refractivity contribution in [1.29, 1.82) is 0 Å². The zero-order chi connectivity index (χ0) is 18.4. The zero-order valence-corrected chi connectivity index (χ0v) is 15.0. The van der Waals surface area contributed by atoms with Crippen molar-refractivity contribution in [2.24, 2.45) is 0 Å². The second-order valence-electron chi connectivity index (χ2n) is 5.89. The van der Waals surface area contributed by atoms with Crippen LogP contribution >= 0.6 is 11.6 Å². The van der Waals surface area contributed by atoms with E-state index in [4.69, 9.17) is 16.3 Å². The van der Waals surface area contributed by atoms with E-state index in [1.807, 2.05) is 0 Å². The van der Waals surface area contributed by atoms with Gasteiger partial charge in [-0.2, -0.15) is 0 Å². The van der Waals surface area contributed by atoms with Crippen LogP contribution < -0.4 is 10.6 Å². The monoisotopic (exact) mass is 373 g/mol. The first kappa shape index (κ1) is 18.2. The van der Waals surface area contributed by atoms with Crippen molar-refractivity contribution in [3.8, 4) is 0 Å². The molecule has 136 valence electrons. The number of anilines is 2. The minimum Gasteiger partial charge on any atom is -0.378 e. The molecule has 2 amide bonds. The van der Waals surface area contributed by atoms with Crippen LogP contribution in [0.2, 0.25) is 5.02 Å². The standard InChI is InChI=1S/C19H20ClN3O3/c20-15-3-7-17(8-4-15)22-18(24)13-21-16-5-1-14(2-6-16)19(25)23-9-11-26-12-10-23/h1-8,21H,9-13H2,(H,22,24). The van der Waals surface area contributed by atoms with Crippen molar-refractivity contribution in [1.82, 2.24) is 4.90 Å². The van der Waals surface area contributed by atoms with E-state index in [1.54, 1.807) is 53.4 Å². The van der Waals surface area contributed by atoms with Gasteiger partial charge in [-0.1, -0.05) is 11.6 Å². The number of nitrogens with one attached hydrogen (secondary N) is 2. The van der Waals surface area contributed by atoms with Gasteiger partial charge in [-0.05, 0) is 48.5 Å². The Balaban J connectivity index is 1.50. The summed E-state index contributed by atoms with van der Waals surface area (Å²) in [6, 6.07) is 14.0. The maximum atomic E-state index is 12.4. The normalized spacial score (nSPS) is 14.0. The molecule has 7 heteroatoms. The van der Waals surface area contributed by atoms with Crippen LogP contribution in [0.25, 0.3) is 0 Å². The highest BCUT2D eigenvalue weighted by Gasteiger charge is 2.18. The number of carbonyl (C=O) groups excluding carboxylic acids is 2. The smallest absolute Gasteiger partial charge is 0.254 e. The van der Waals surface area contributed by atoms with Gasteiger partial charge in [0.15, 0.2) is 0 Å². The molecule has 1 heterocycles. The highest BCUT2D eigenvalue weighted by molar-refractivity contribution is 6.30. The second-order valence-corrected chi connectivity index (χ2v) is 6.33. The van der Waals surface area contributed by atoms with E-state index in [9.17, 15) is 9.59 Å². The molecule has 0 bridgehead atoms. The summed E-state index contributed by atoms with van der Waals surface area (Å²) in [6.07, 6.45) is 0. The van der Waals surface area contributed by atoms with Gasteiger partial charge < -0.3 is 20.3 Å². The number of rotatable bonds is 5. The summed E-state index contributed by atoms with van der Waals surface area (Å²) >= 11 is 5.82. The number of carbonyl (C=O) groups is 2. The summed E-state index contributed by atoms with van der Waals surface area (Å²) < 4.78 is 5.26. The van der Waals surface area contributed by atoms with Gasteiger partial charge in [-0.3, -0.25) is 9.59 Å². The van der Waals surface area contributed by atoms with Crippen LogP contribution in [-0.2, 0) is 9.53 Å². The number of nitrogens with zero attached hydrogens (tertiary/aromatic N) is 1. The fourth-order valence-electron chi connectivity index (χ4n) is 2.60. The number of benzene rings is 2. The molecule has 1 saturated heterocycles. The van der Waals surface area contributed by atoms with Crippen LogP contribution in [0.1, 0.15) is 10.4 Å². The number of halogens is 1. The lowest BCUT2D eigenvalue weighted by atomic mass is 10.1. The van der Waals surface area contributed by atoms with E-state index in [-0.39, 0.29) is 18.4 Å². The second kappa shape index (κ2) is 8.69. The molecule has 2 N–H and O–H groups in total. The molecule has 0 aliphatic carbocycles. The molecule has 2 aromatic rings. The van der Waals surface area contributed by atoms with E-state index >= 15 is 0 Å². The summed E-state index contributed by atoms with van der Waals surface area (Å²) in [4.78, 5) is 26.1. The zero-order valence-electron chi connectivity index (χ0n) is 14.2. The van der Waals surface area contributed by atoms with Gasteiger partial charge >= 0.3 is 0 Å². The quantitative estimate of drug-likeness (QED) is 0.845. The third-order valence-corrected chi connectivity index (χ3v) is 4.26. The van der Waals surface area contributed by atoms with Crippen molar-refractivity contribution >= 4 is 34.8 Å². The summed E-state index contributed by atoms with van der Waals surface area (Å²) in [5, 5.41) is 6.44. The van der Waals surface area contributed by atoms with Crippen LogP contribution in [0.4, 0.5) is 11.4 Å². The van der Waals surface area contributed by atoms with Crippen molar-refractivity contribution in [2.45, 2.75) is 0 Å². The molecule has 0 atom stereocenters. The highest BCUT2D eigenvalue weighted by atomic mass is 35.5. The first-order chi connectivity index (χ1) is 12.6. The lowest BCUT2D eigenvalue weighted by molar-refractivity contribution is -0.114. The third-order valence-electron chi connectivity index (χ3n) is 4.01. The topological polar surface area (TPSA) is 70.7 Å². The molecule has 0 spiro atoms. The molecule has 2 aromatic carbocycles. The Kier molecular flexibility index (Phi) is 6.09. The summed E-state index contributed by atoms with van der Waals surface area (Å²) in [5.41, 5.74) is 2.09. The van der Waals surface area contributed by atoms with Gasteiger partial charge in [0, 0.05) is 35.1 Å². The van der Waals surface area contributed by atoms with Crippen molar-refractivity contribution in [3.05, 3.63) is 59.1 Å². The van der Waals surface area contributed by atoms with Crippen LogP contribution in [-0.4, -0.2) is 49.6 Å². The molecule has 0 saturated carbocycles. The number of morpholine rings is 1. The van der Waals surface area contributed by atoms with Gasteiger partial charge in [-0.25, -0.2) is 0 Å². The number of ether oxygens (including phenoxy) is 1. The molecular formula is C19H20ClN3O3. The number of amides is 2. The van der Waals surface area contributed by atoms with Crippen LogP contribution in [0, 0.1) is 0 Å². The van der Waals surface area contributed by atoms with E-state index in [0.717, 1.165) is 5.69 Å². The van der Waals surface area contributed by atoms with Crippen LogP contribution in [0.3, 0.4) is 0 Å². The molecule has 0 aromatic heterocycles. The molecule has 1 fully saturated rings. The first-order valence-corrected chi connectivity index (χ1v) is 8.76. The Morgan fingerprint density at radius 3 is 2.23 bits per heavy atom. The van der Waals surface area contributed by atoms with Gasteiger partial charge in [0.25, 0.3) is 5.91 Å². The summed E-state index contributed by atoms with van der Waals surface area (Å²) in [7, 11) is 0. The molecule has 3 rings (SSSR count). The maximum absolute atomic E-state index is 12.4. The van der Waals surface area contributed by atoms with E-state index in [0.29, 0.717) is 42.6 Å². The predicted molar refractivity (Wildman–Crippen MR) is 102 cm³/mol. The Hall–Kier alpha value is -2.57. The summed E-state index contributed by atoms with van der Waals surface area (Å²) in [6.45, 7) is 2.51. The minimum absolute atomic E-state index is 0.000307. The van der Waals surface area contributed by atoms with Crippen molar-refractivity contribution in [3.63, 3.8) is 0 Å². The SMILES string of the molecule is O=C(CNc1ccc(C(=O)N2CCOCC2)cc1)Nc1ccc(Cl)cc1. The fourth-order valence-corrected chi connectivity index (χ4v) is 2.73. The largest absolute Gasteiger partial charge is 0.378 e. The Morgan fingerprint density at radius 2 is 1.58 bits per heavy atom. The van der Waals surface area contributed by atoms with Gasteiger partial charge in [0.05, 0.1) is 19.8 Å². The van der Waals surface area contributed by atoms with E-state index < -0.39 is 0 Å². The molecule has 1 aliphatic heterocycles. The molecular weight excluding hydrogens is 354 g/mol. The van der Waals surface area contributed by atoms with Gasteiger partial charge in [0.1, 0.15) is 0 Å². The van der Waals surface area contributed by atoms with Crippen molar-refractivity contribution < 1.29 is 14.3 Å². The molecule has 1 aliphatic rings. The fraction of sp³-hybridized carbons (Fsp3) is 0.263. The van der Waals surface area contributed by atoms with Crippen molar-refractivity contribution in [2.75, 3.05) is 43.5 Å². The average Bonchev–Trinajstić information content (AvgIpc) is 2.69. The molecule has 0 radical (unpaired) electrons. The Labute approximate surface area is 157 Å². The predicted octanol–water partition coefficient (Wildman–Crippen LogP) is 2.86. The van der Waals surface area contributed by atoms with E-state index in [2.05, 4.69) is 10.6 Å². The first-order valence-electron chi connectivity index (χ1n) is 8.38. The molecule has 6 nitrogen and oxygen atoms in total. The highest BCUT2D eigenvalue weighted by Crippen LogP contribution is 2.14. The number of hydrogen-bond acceptors (Lipinski definition) is 4. The molecule has 0 unspecified atom stereocenters. The van der Waals surface area contributed by atoms with Gasteiger partial charge in [0.2, 0.25) is 5.91 Å². The third kappa shape index (κ3) is 4.97. The lowest BCUT2D eigenvalue weighted by Crippen LogP contribution is -2.40. The maximum Gasteiger partial charge on any atom is 0.254 e. The summed E-state index contributed by atoms with van der Waals surface area (Å²) in [5.74, 6) is -0.166. The lowest BCUT2D eigenvalue weighted by Gasteiger charge is -2.26. The molecule has 26 heavy (non-hydrogen) atoms. The minimum atomic E-state index is -0.166. The number of hydrogen-bond donors (Lipinski definition) is 2. The van der Waals surface area contributed by atoms with Gasteiger partial charge in [-0.15, -0.1) is 0 Å². The Bertz CT molecular complexity index is 757. The van der Waals surface area contributed by atoms with Crippen LogP contribution in [0.5, 0.6) is 0 Å².